The van der Waals surface area contributed by atoms with Gasteiger partial charge in [0.2, 0.25) is 10.0 Å². The van der Waals surface area contributed by atoms with Crippen molar-refractivity contribution < 1.29 is 8.42 Å². The van der Waals surface area contributed by atoms with Crippen molar-refractivity contribution in [2.75, 3.05) is 13.1 Å². The number of benzene rings is 1. The van der Waals surface area contributed by atoms with Crippen molar-refractivity contribution in [3.63, 3.8) is 0 Å². The molecule has 22 heavy (non-hydrogen) atoms. The molecule has 0 saturated carbocycles. The average molecular weight is 341 g/mol. The van der Waals surface area contributed by atoms with Gasteiger partial charge in [0.15, 0.2) is 0 Å². The predicted molar refractivity (Wildman–Crippen MR) is 83.2 cm³/mol. The number of aryl methyl sites for hydroxylation is 1. The van der Waals surface area contributed by atoms with Crippen LogP contribution in [-0.4, -0.2) is 40.8 Å². The lowest BCUT2D eigenvalue weighted by molar-refractivity contribution is 0.245. The molecule has 8 heteroatoms. The maximum absolute atomic E-state index is 12.7. The molecule has 0 unspecified atom stereocenters. The summed E-state index contributed by atoms with van der Waals surface area (Å²) in [7, 11) is -3.49. The molecule has 1 saturated heterocycles. The fraction of sp³-hybridized carbons (Fsp3) is 0.429. The molecular weight excluding hydrogens is 324 g/mol. The number of sulfonamides is 1. The first kappa shape index (κ1) is 15.5. The van der Waals surface area contributed by atoms with E-state index in [-0.39, 0.29) is 10.9 Å². The second-order valence-electron chi connectivity index (χ2n) is 5.40. The molecule has 0 amide bonds. The predicted octanol–water partition coefficient (Wildman–Crippen LogP) is 2.27. The zero-order chi connectivity index (χ0) is 15.7. The third kappa shape index (κ3) is 2.88. The lowest BCUT2D eigenvalue weighted by Crippen LogP contribution is -2.39. The van der Waals surface area contributed by atoms with Crippen molar-refractivity contribution in [1.82, 2.24) is 19.3 Å². The highest BCUT2D eigenvalue weighted by Crippen LogP contribution is 2.27. The molecule has 0 atom stereocenters. The Morgan fingerprint density at radius 1 is 1.18 bits per heavy atom. The fourth-order valence-electron chi connectivity index (χ4n) is 2.61. The summed E-state index contributed by atoms with van der Waals surface area (Å²) < 4.78 is 26.9. The Hall–Kier alpha value is -1.44. The van der Waals surface area contributed by atoms with Crippen LogP contribution < -0.4 is 0 Å². The molecule has 3 rings (SSSR count). The van der Waals surface area contributed by atoms with Gasteiger partial charge in [-0.1, -0.05) is 17.7 Å². The summed E-state index contributed by atoms with van der Waals surface area (Å²) in [6.07, 6.45) is 4.68. The van der Waals surface area contributed by atoms with Gasteiger partial charge < -0.3 is 0 Å². The van der Waals surface area contributed by atoms with Crippen molar-refractivity contribution >= 4 is 21.6 Å². The maximum atomic E-state index is 12.7. The molecule has 0 aliphatic carbocycles. The van der Waals surface area contributed by atoms with Crippen molar-refractivity contribution in [1.29, 1.82) is 0 Å². The number of rotatable bonds is 3. The van der Waals surface area contributed by atoms with Crippen molar-refractivity contribution in [3.05, 3.63) is 41.2 Å². The van der Waals surface area contributed by atoms with E-state index in [0.29, 0.717) is 31.0 Å². The van der Waals surface area contributed by atoms with Gasteiger partial charge in [-0.05, 0) is 37.5 Å². The molecule has 1 fully saturated rings. The van der Waals surface area contributed by atoms with Gasteiger partial charge in [-0.2, -0.15) is 19.3 Å². The van der Waals surface area contributed by atoms with Gasteiger partial charge in [0, 0.05) is 18.1 Å². The first-order chi connectivity index (χ1) is 10.5. The second-order valence-corrected chi connectivity index (χ2v) is 7.74. The van der Waals surface area contributed by atoms with Crippen LogP contribution in [0.3, 0.4) is 0 Å². The Kier molecular flexibility index (Phi) is 4.20. The van der Waals surface area contributed by atoms with Crippen molar-refractivity contribution in [2.45, 2.75) is 30.7 Å². The summed E-state index contributed by atoms with van der Waals surface area (Å²) >= 11 is 6.05. The van der Waals surface area contributed by atoms with Gasteiger partial charge in [0.05, 0.1) is 23.3 Å². The largest absolute Gasteiger partial charge is 0.243 e. The zero-order valence-corrected chi connectivity index (χ0v) is 13.8. The Bertz CT molecular complexity index is 753. The third-order valence-corrected chi connectivity index (χ3v) is 6.27. The molecule has 1 aromatic carbocycles. The quantitative estimate of drug-likeness (QED) is 0.859. The molecular formula is C14H17ClN4O2S. The van der Waals surface area contributed by atoms with E-state index in [9.17, 15) is 8.42 Å². The maximum Gasteiger partial charge on any atom is 0.243 e. The van der Waals surface area contributed by atoms with E-state index < -0.39 is 10.0 Å². The molecule has 2 aromatic rings. The standard InChI is InChI=1S/C14H17ClN4O2S/c1-11-2-3-13(10-14(11)15)22(20,21)18-8-4-12(5-9-18)19-16-6-7-17-19/h2-3,6-7,10,12H,4-5,8-9H2,1H3. The molecule has 0 N–H and O–H groups in total. The number of hydrogen-bond donors (Lipinski definition) is 0. The summed E-state index contributed by atoms with van der Waals surface area (Å²) in [6, 6.07) is 5.02. The minimum atomic E-state index is -3.49. The number of hydrogen-bond acceptors (Lipinski definition) is 4. The van der Waals surface area contributed by atoms with Gasteiger partial charge in [-0.15, -0.1) is 0 Å². The Balaban J connectivity index is 1.75. The summed E-state index contributed by atoms with van der Waals surface area (Å²) in [5, 5.41) is 8.72. The highest BCUT2D eigenvalue weighted by molar-refractivity contribution is 7.89. The highest BCUT2D eigenvalue weighted by atomic mass is 35.5. The van der Waals surface area contributed by atoms with Gasteiger partial charge in [0.25, 0.3) is 0 Å². The van der Waals surface area contributed by atoms with E-state index in [1.807, 2.05) is 6.92 Å². The van der Waals surface area contributed by atoms with Crippen molar-refractivity contribution in [3.8, 4) is 0 Å². The van der Waals surface area contributed by atoms with E-state index in [1.54, 1.807) is 29.3 Å². The molecule has 1 aliphatic rings. The molecule has 6 nitrogen and oxygen atoms in total. The minimum Gasteiger partial charge on any atom is -0.207 e. The monoisotopic (exact) mass is 340 g/mol. The van der Waals surface area contributed by atoms with Gasteiger partial charge >= 0.3 is 0 Å². The second kappa shape index (κ2) is 5.98. The van der Waals surface area contributed by atoms with Crippen LogP contribution >= 0.6 is 11.6 Å². The summed E-state index contributed by atoms with van der Waals surface area (Å²) in [5.41, 5.74) is 0.865. The first-order valence-corrected chi connectivity index (χ1v) is 8.92. The van der Waals surface area contributed by atoms with Crippen LogP contribution in [0.15, 0.2) is 35.5 Å². The molecule has 1 aliphatic heterocycles. The van der Waals surface area contributed by atoms with E-state index >= 15 is 0 Å². The van der Waals surface area contributed by atoms with Crippen molar-refractivity contribution in [2.24, 2.45) is 0 Å². The van der Waals surface area contributed by atoms with Crippen LogP contribution in [0, 0.1) is 6.92 Å². The topological polar surface area (TPSA) is 68.1 Å². The van der Waals surface area contributed by atoms with Crippen LogP contribution in [0.25, 0.3) is 0 Å². The van der Waals surface area contributed by atoms with E-state index in [4.69, 9.17) is 11.6 Å². The Morgan fingerprint density at radius 2 is 1.82 bits per heavy atom. The molecule has 0 radical (unpaired) electrons. The minimum absolute atomic E-state index is 0.156. The van der Waals surface area contributed by atoms with E-state index in [2.05, 4.69) is 10.2 Å². The Labute approximate surface area is 134 Å². The van der Waals surface area contributed by atoms with E-state index in [0.717, 1.165) is 5.56 Å². The zero-order valence-electron chi connectivity index (χ0n) is 12.2. The molecule has 1 aromatic heterocycles. The van der Waals surface area contributed by atoms with Crippen LogP contribution in [-0.2, 0) is 10.0 Å². The number of halogens is 1. The van der Waals surface area contributed by atoms with Gasteiger partial charge in [-0.25, -0.2) is 8.42 Å². The van der Waals surface area contributed by atoms with Crippen LogP contribution in [0.5, 0.6) is 0 Å². The molecule has 2 heterocycles. The molecule has 0 bridgehead atoms. The lowest BCUT2D eigenvalue weighted by atomic mass is 10.1. The van der Waals surface area contributed by atoms with Gasteiger partial charge in [-0.3, -0.25) is 0 Å². The number of nitrogens with zero attached hydrogens (tertiary/aromatic N) is 4. The lowest BCUT2D eigenvalue weighted by Gasteiger charge is -2.30. The van der Waals surface area contributed by atoms with E-state index in [1.165, 1.54) is 10.4 Å². The molecule has 118 valence electrons. The summed E-state index contributed by atoms with van der Waals surface area (Å²) in [6.45, 7) is 2.77. The fourth-order valence-corrected chi connectivity index (χ4v) is 4.35. The summed E-state index contributed by atoms with van der Waals surface area (Å²) in [4.78, 5) is 1.91. The number of aromatic nitrogens is 3. The average Bonchev–Trinajstić information content (AvgIpc) is 3.04. The summed E-state index contributed by atoms with van der Waals surface area (Å²) in [5.74, 6) is 0. The third-order valence-electron chi connectivity index (χ3n) is 3.97. The SMILES string of the molecule is Cc1ccc(S(=O)(=O)N2CCC(n3nccn3)CC2)cc1Cl. The van der Waals surface area contributed by atoms with Crippen LogP contribution in [0.2, 0.25) is 5.02 Å². The van der Waals surface area contributed by atoms with Gasteiger partial charge in [0.1, 0.15) is 0 Å². The normalized spacial score (nSPS) is 17.7. The highest BCUT2D eigenvalue weighted by Gasteiger charge is 2.30. The first-order valence-electron chi connectivity index (χ1n) is 7.10. The molecule has 0 spiro atoms. The smallest absolute Gasteiger partial charge is 0.207 e. The van der Waals surface area contributed by atoms with Crippen LogP contribution in [0.4, 0.5) is 0 Å². The Morgan fingerprint density at radius 3 is 2.41 bits per heavy atom. The number of piperidine rings is 1. The van der Waals surface area contributed by atoms with Crippen LogP contribution in [0.1, 0.15) is 24.4 Å².